The molecule has 0 saturated heterocycles. The third-order valence-electron chi connectivity index (χ3n) is 2.79. The van der Waals surface area contributed by atoms with Gasteiger partial charge in [0.2, 0.25) is 0 Å². The first kappa shape index (κ1) is 12.6. The average Bonchev–Trinajstić information content (AvgIpc) is 2.75. The molecule has 2 rings (SSSR count). The minimum absolute atomic E-state index is 0.240. The summed E-state index contributed by atoms with van der Waals surface area (Å²) in [5.74, 6) is 0. The monoisotopic (exact) mass is 264 g/mol. The molecule has 0 bridgehead atoms. The zero-order valence-corrected chi connectivity index (χ0v) is 11.4. The Balaban J connectivity index is 2.56. The van der Waals surface area contributed by atoms with Crippen molar-refractivity contribution in [1.29, 1.82) is 0 Å². The van der Waals surface area contributed by atoms with Crippen LogP contribution in [0.25, 0.3) is 11.3 Å². The fraction of sp³-hybridized carbons (Fsp3) is 0.333. The van der Waals surface area contributed by atoms with E-state index in [0.29, 0.717) is 0 Å². The summed E-state index contributed by atoms with van der Waals surface area (Å²) in [6.45, 7) is 6.56. The molecular formula is C12H16N4OS. The number of pyridine rings is 1. The van der Waals surface area contributed by atoms with Crippen LogP contribution >= 0.6 is 11.3 Å². The van der Waals surface area contributed by atoms with E-state index in [2.05, 4.69) is 15.3 Å². The Kier molecular flexibility index (Phi) is 3.38. The van der Waals surface area contributed by atoms with Gasteiger partial charge in [-0.2, -0.15) is 0 Å². The van der Waals surface area contributed by atoms with Gasteiger partial charge >= 0.3 is 0 Å². The zero-order chi connectivity index (χ0) is 13.3. The number of nitrogens with two attached hydrogens (primary N) is 1. The fourth-order valence-electron chi connectivity index (χ4n) is 1.89. The first-order chi connectivity index (χ1) is 8.54. The van der Waals surface area contributed by atoms with Crippen molar-refractivity contribution in [3.63, 3.8) is 0 Å². The van der Waals surface area contributed by atoms with E-state index in [4.69, 9.17) is 5.73 Å². The quantitative estimate of drug-likeness (QED) is 0.793. The van der Waals surface area contributed by atoms with Crippen molar-refractivity contribution < 1.29 is 0 Å². The van der Waals surface area contributed by atoms with Gasteiger partial charge in [-0.25, -0.2) is 4.98 Å². The van der Waals surface area contributed by atoms with Crippen molar-refractivity contribution in [2.75, 3.05) is 17.6 Å². The Morgan fingerprint density at radius 1 is 1.50 bits per heavy atom. The molecule has 2 aromatic rings. The number of aromatic amines is 1. The molecule has 0 aliphatic rings. The maximum atomic E-state index is 11.5. The van der Waals surface area contributed by atoms with E-state index in [1.165, 1.54) is 0 Å². The van der Waals surface area contributed by atoms with Crippen LogP contribution in [0.5, 0.6) is 0 Å². The molecule has 0 aliphatic heterocycles. The summed E-state index contributed by atoms with van der Waals surface area (Å²) in [6.07, 6.45) is 0. The molecule has 0 spiro atoms. The van der Waals surface area contributed by atoms with Gasteiger partial charge in [-0.3, -0.25) is 4.79 Å². The highest BCUT2D eigenvalue weighted by Gasteiger charge is 2.14. The van der Waals surface area contributed by atoms with E-state index in [9.17, 15) is 4.79 Å². The maximum Gasteiger partial charge on any atom is 0.271 e. The van der Waals surface area contributed by atoms with Gasteiger partial charge in [0.25, 0.3) is 5.56 Å². The molecular weight excluding hydrogens is 248 g/mol. The van der Waals surface area contributed by atoms with Gasteiger partial charge in [0.15, 0.2) is 5.13 Å². The number of nitrogen functional groups attached to an aromatic ring is 1. The molecule has 0 aromatic carbocycles. The molecule has 0 unspecified atom stereocenters. The van der Waals surface area contributed by atoms with Crippen molar-refractivity contribution in [1.82, 2.24) is 9.97 Å². The molecule has 0 aliphatic carbocycles. The lowest BCUT2D eigenvalue weighted by Gasteiger charge is -2.09. The van der Waals surface area contributed by atoms with Crippen molar-refractivity contribution in [2.24, 2.45) is 0 Å². The molecule has 5 nitrogen and oxygen atoms in total. The highest BCUT2D eigenvalue weighted by Crippen LogP contribution is 2.30. The Bertz CT molecular complexity index is 629. The number of nitrogens with zero attached hydrogens (tertiary/aromatic N) is 1. The molecule has 0 radical (unpaired) electrons. The third kappa shape index (κ3) is 2.11. The van der Waals surface area contributed by atoms with Crippen molar-refractivity contribution in [3.8, 4) is 11.3 Å². The number of anilines is 2. The van der Waals surface area contributed by atoms with Gasteiger partial charge in [-0.05, 0) is 26.3 Å². The molecule has 0 amide bonds. The number of aromatic nitrogens is 2. The molecule has 0 atom stereocenters. The standard InChI is InChI=1S/C12H16N4OS/c1-4-14-12-16-8(5-18-12)9-6(2)10(13)11(17)15-7(9)3/h5H,4,13H2,1-3H3,(H,14,16)(H,15,17). The summed E-state index contributed by atoms with van der Waals surface area (Å²) >= 11 is 1.54. The van der Waals surface area contributed by atoms with E-state index in [1.54, 1.807) is 11.3 Å². The first-order valence-electron chi connectivity index (χ1n) is 5.73. The van der Waals surface area contributed by atoms with E-state index in [-0.39, 0.29) is 11.2 Å². The molecule has 4 N–H and O–H groups in total. The van der Waals surface area contributed by atoms with Gasteiger partial charge in [-0.1, -0.05) is 0 Å². The second kappa shape index (κ2) is 4.81. The highest BCUT2D eigenvalue weighted by atomic mass is 32.1. The first-order valence-corrected chi connectivity index (χ1v) is 6.61. The Morgan fingerprint density at radius 3 is 2.89 bits per heavy atom. The number of aryl methyl sites for hydroxylation is 1. The summed E-state index contributed by atoms with van der Waals surface area (Å²) < 4.78 is 0. The van der Waals surface area contributed by atoms with Crippen LogP contribution in [0.4, 0.5) is 10.8 Å². The fourth-order valence-corrected chi connectivity index (χ4v) is 2.66. The molecule has 0 saturated carbocycles. The second-order valence-corrected chi connectivity index (χ2v) is 4.92. The predicted molar refractivity (Wildman–Crippen MR) is 76.2 cm³/mol. The summed E-state index contributed by atoms with van der Waals surface area (Å²) in [5.41, 5.74) is 9.11. The van der Waals surface area contributed by atoms with E-state index in [0.717, 1.165) is 34.2 Å². The van der Waals surface area contributed by atoms with Crippen LogP contribution in [-0.4, -0.2) is 16.5 Å². The van der Waals surface area contributed by atoms with Crippen molar-refractivity contribution in [3.05, 3.63) is 27.0 Å². The summed E-state index contributed by atoms with van der Waals surface area (Å²) in [5, 5.41) is 6.00. The molecule has 0 fully saturated rings. The molecule has 6 heteroatoms. The average molecular weight is 264 g/mol. The zero-order valence-electron chi connectivity index (χ0n) is 10.6. The summed E-state index contributed by atoms with van der Waals surface area (Å²) in [6, 6.07) is 0. The van der Waals surface area contributed by atoms with E-state index >= 15 is 0 Å². The van der Waals surface area contributed by atoms with Gasteiger partial charge in [0.1, 0.15) is 5.69 Å². The third-order valence-corrected chi connectivity index (χ3v) is 3.59. The van der Waals surface area contributed by atoms with E-state index in [1.807, 2.05) is 26.2 Å². The molecule has 18 heavy (non-hydrogen) atoms. The van der Waals surface area contributed by atoms with Crippen LogP contribution < -0.4 is 16.6 Å². The molecule has 2 heterocycles. The lowest BCUT2D eigenvalue weighted by Crippen LogP contribution is -2.16. The lowest BCUT2D eigenvalue weighted by atomic mass is 10.0. The summed E-state index contributed by atoms with van der Waals surface area (Å²) in [7, 11) is 0. The lowest BCUT2D eigenvalue weighted by molar-refractivity contribution is 1.12. The predicted octanol–water partition coefficient (Wildman–Crippen LogP) is 2.13. The number of rotatable bonds is 3. The SMILES string of the molecule is CCNc1nc(-c2c(C)[nH]c(=O)c(N)c2C)cs1. The van der Waals surface area contributed by atoms with Crippen molar-refractivity contribution in [2.45, 2.75) is 20.8 Å². The van der Waals surface area contributed by atoms with Crippen LogP contribution in [0.3, 0.4) is 0 Å². The van der Waals surface area contributed by atoms with Crippen LogP contribution in [0.15, 0.2) is 10.2 Å². The molecule has 2 aromatic heterocycles. The number of H-pyrrole nitrogens is 1. The van der Waals surface area contributed by atoms with Crippen LogP contribution in [0.1, 0.15) is 18.2 Å². The smallest absolute Gasteiger partial charge is 0.271 e. The normalized spacial score (nSPS) is 10.6. The largest absolute Gasteiger partial charge is 0.394 e. The van der Waals surface area contributed by atoms with Gasteiger partial charge in [0.05, 0.1) is 5.69 Å². The Hall–Kier alpha value is -1.82. The number of hydrogen-bond acceptors (Lipinski definition) is 5. The van der Waals surface area contributed by atoms with Gasteiger partial charge in [-0.15, -0.1) is 11.3 Å². The number of hydrogen-bond donors (Lipinski definition) is 3. The second-order valence-electron chi connectivity index (χ2n) is 4.06. The van der Waals surface area contributed by atoms with Gasteiger partial charge in [0, 0.05) is 23.2 Å². The maximum absolute atomic E-state index is 11.5. The van der Waals surface area contributed by atoms with Crippen LogP contribution in [0.2, 0.25) is 0 Å². The van der Waals surface area contributed by atoms with Crippen molar-refractivity contribution >= 4 is 22.2 Å². The number of nitrogens with one attached hydrogen (secondary N) is 2. The van der Waals surface area contributed by atoms with E-state index < -0.39 is 0 Å². The minimum Gasteiger partial charge on any atom is -0.394 e. The van der Waals surface area contributed by atoms with Crippen LogP contribution in [0, 0.1) is 13.8 Å². The summed E-state index contributed by atoms with van der Waals surface area (Å²) in [4.78, 5) is 18.8. The minimum atomic E-state index is -0.240. The molecule has 96 valence electrons. The Labute approximate surface area is 109 Å². The highest BCUT2D eigenvalue weighted by molar-refractivity contribution is 7.14. The van der Waals surface area contributed by atoms with Gasteiger partial charge < -0.3 is 16.0 Å². The number of thiazole rings is 1. The Morgan fingerprint density at radius 2 is 2.22 bits per heavy atom. The topological polar surface area (TPSA) is 83.8 Å². The van der Waals surface area contributed by atoms with Crippen LogP contribution in [-0.2, 0) is 0 Å².